The third-order valence-corrected chi connectivity index (χ3v) is 5.97. The number of benzene rings is 2. The lowest BCUT2D eigenvalue weighted by Crippen LogP contribution is -2.31. The van der Waals surface area contributed by atoms with Gasteiger partial charge in [0.15, 0.2) is 0 Å². The fourth-order valence-electron chi connectivity index (χ4n) is 2.70. The molecule has 9 heteroatoms. The normalized spacial score (nSPS) is 14.1. The number of nitrogens with two attached hydrogens (primary N) is 1. The van der Waals surface area contributed by atoms with E-state index in [4.69, 9.17) is 24.3 Å². The molecule has 1 heterocycles. The number of para-hydroxylation sites is 1. The maximum atomic E-state index is 13.4. The van der Waals surface area contributed by atoms with Crippen LogP contribution in [-0.4, -0.2) is 23.3 Å². The highest BCUT2D eigenvalue weighted by Gasteiger charge is 2.30. The Morgan fingerprint density at radius 2 is 1.83 bits per heavy atom. The Balaban J connectivity index is 1.91. The Labute approximate surface area is 166 Å². The Bertz CT molecular complexity index is 1130. The zero-order valence-electron chi connectivity index (χ0n) is 15.6. The van der Waals surface area contributed by atoms with Crippen molar-refractivity contribution in [1.29, 1.82) is 0 Å². The lowest BCUT2D eigenvalue weighted by atomic mass is 10.1. The van der Waals surface area contributed by atoms with Crippen LogP contribution in [0.3, 0.4) is 0 Å². The number of hydrogen-bond acceptors (Lipinski definition) is 7. The van der Waals surface area contributed by atoms with Crippen LogP contribution < -0.4 is 20.4 Å². The lowest BCUT2D eigenvalue weighted by molar-refractivity contribution is -0.138. The van der Waals surface area contributed by atoms with Gasteiger partial charge in [0.2, 0.25) is 0 Å². The predicted octanol–water partition coefficient (Wildman–Crippen LogP) is 3.55. The number of carbonyl (C=O) groups is 1. The number of rotatable bonds is 8. The molecule has 8 nitrogen and oxygen atoms in total. The second-order valence-electron chi connectivity index (χ2n) is 6.47. The average Bonchev–Trinajstić information content (AvgIpc) is 2.66. The summed E-state index contributed by atoms with van der Waals surface area (Å²) in [5, 5.41) is 9.70. The fraction of sp³-hybridized carbons (Fsp3) is 0.200. The van der Waals surface area contributed by atoms with Crippen molar-refractivity contribution < 1.29 is 27.9 Å². The molecule has 0 spiro atoms. The van der Waals surface area contributed by atoms with Gasteiger partial charge >= 0.3 is 19.2 Å². The Kier molecular flexibility index (Phi) is 6.06. The number of carboxylic acid groups (broad SMARTS) is 1. The van der Waals surface area contributed by atoms with Crippen molar-refractivity contribution in [3.8, 4) is 11.5 Å². The summed E-state index contributed by atoms with van der Waals surface area (Å²) in [7, 11) is -3.82. The molecule has 0 fully saturated rings. The van der Waals surface area contributed by atoms with Crippen molar-refractivity contribution in [2.75, 3.05) is 6.16 Å². The van der Waals surface area contributed by atoms with E-state index < -0.39 is 25.2 Å². The number of aliphatic carboxylic acids is 1. The van der Waals surface area contributed by atoms with Crippen molar-refractivity contribution in [3.63, 3.8) is 0 Å². The molecule has 0 aliphatic heterocycles. The van der Waals surface area contributed by atoms with Crippen LogP contribution in [0, 0.1) is 6.92 Å². The number of aryl methyl sites for hydroxylation is 1. The quantitative estimate of drug-likeness (QED) is 0.420. The summed E-state index contributed by atoms with van der Waals surface area (Å²) in [5.74, 6) is -0.739. The van der Waals surface area contributed by atoms with Gasteiger partial charge in [-0.15, -0.1) is 0 Å². The summed E-state index contributed by atoms with van der Waals surface area (Å²) in [6.07, 6.45) is -0.327. The Morgan fingerprint density at radius 1 is 1.14 bits per heavy atom. The van der Waals surface area contributed by atoms with Gasteiger partial charge in [-0.2, -0.15) is 0 Å². The second kappa shape index (κ2) is 8.51. The molecule has 0 aliphatic rings. The third kappa shape index (κ3) is 5.25. The molecule has 2 atom stereocenters. The fourth-order valence-corrected chi connectivity index (χ4v) is 4.39. The molecular weight excluding hydrogens is 397 g/mol. The van der Waals surface area contributed by atoms with Crippen molar-refractivity contribution in [1.82, 2.24) is 0 Å². The molecule has 3 N–H and O–H groups in total. The van der Waals surface area contributed by atoms with Crippen molar-refractivity contribution in [2.24, 2.45) is 5.73 Å². The lowest BCUT2D eigenvalue weighted by Gasteiger charge is -2.21. The minimum atomic E-state index is -3.82. The van der Waals surface area contributed by atoms with Crippen molar-refractivity contribution >= 4 is 24.5 Å². The maximum Gasteiger partial charge on any atom is 0.430 e. The van der Waals surface area contributed by atoms with E-state index in [0.29, 0.717) is 11.1 Å². The van der Waals surface area contributed by atoms with Crippen LogP contribution >= 0.6 is 7.60 Å². The van der Waals surface area contributed by atoms with Crippen LogP contribution in [0.25, 0.3) is 11.0 Å². The first-order valence-electron chi connectivity index (χ1n) is 8.82. The van der Waals surface area contributed by atoms with Crippen molar-refractivity contribution in [3.05, 3.63) is 70.6 Å². The van der Waals surface area contributed by atoms with E-state index in [1.807, 2.05) is 0 Å². The maximum absolute atomic E-state index is 13.4. The van der Waals surface area contributed by atoms with Crippen LogP contribution in [-0.2, 0) is 9.36 Å². The summed E-state index contributed by atoms with van der Waals surface area (Å²) in [4.78, 5) is 22.6. The Morgan fingerprint density at radius 3 is 2.52 bits per heavy atom. The highest BCUT2D eigenvalue weighted by Crippen LogP contribution is 2.49. The van der Waals surface area contributed by atoms with Gasteiger partial charge in [-0.1, -0.05) is 18.2 Å². The van der Waals surface area contributed by atoms with Crippen LogP contribution in [0.15, 0.2) is 63.8 Å². The van der Waals surface area contributed by atoms with Gasteiger partial charge in [-0.25, -0.2) is 9.36 Å². The average molecular weight is 417 g/mol. The first-order valence-corrected chi connectivity index (χ1v) is 10.5. The summed E-state index contributed by atoms with van der Waals surface area (Å²) >= 11 is 0. The summed E-state index contributed by atoms with van der Waals surface area (Å²) < 4.78 is 29.8. The topological polar surface area (TPSA) is 129 Å². The second-order valence-corrected chi connectivity index (χ2v) is 8.50. The summed E-state index contributed by atoms with van der Waals surface area (Å²) in [6, 6.07) is 13.3. The molecule has 3 rings (SSSR count). The standard InChI is InChI=1S/C20H20NO7P/c1-13-11-19(22)26-18-12-15(7-8-16(13)18)28-29(25,10-9-17(21)20(23)24)27-14-5-3-2-4-6-14/h2-8,11-12,17H,9-10,21H2,1H3,(H,23,24). The van der Waals surface area contributed by atoms with E-state index in [-0.39, 0.29) is 23.9 Å². The van der Waals surface area contributed by atoms with Gasteiger partial charge in [-0.05, 0) is 43.2 Å². The molecule has 0 amide bonds. The third-order valence-electron chi connectivity index (χ3n) is 4.19. The zero-order valence-corrected chi connectivity index (χ0v) is 16.5. The monoisotopic (exact) mass is 417 g/mol. The highest BCUT2D eigenvalue weighted by molar-refractivity contribution is 7.54. The molecule has 152 valence electrons. The first-order chi connectivity index (χ1) is 13.8. The van der Waals surface area contributed by atoms with Gasteiger partial charge in [-0.3, -0.25) is 4.79 Å². The van der Waals surface area contributed by atoms with Crippen LogP contribution in [0.4, 0.5) is 0 Å². The highest BCUT2D eigenvalue weighted by atomic mass is 31.2. The van der Waals surface area contributed by atoms with E-state index in [1.54, 1.807) is 49.4 Å². The molecule has 0 aliphatic carbocycles. The minimum Gasteiger partial charge on any atom is -0.480 e. The van der Waals surface area contributed by atoms with Gasteiger partial charge < -0.3 is 24.3 Å². The predicted molar refractivity (Wildman–Crippen MR) is 108 cm³/mol. The smallest absolute Gasteiger partial charge is 0.430 e. The molecule has 0 saturated heterocycles. The Hall–Kier alpha value is -3.09. The number of carboxylic acids is 1. The summed E-state index contributed by atoms with van der Waals surface area (Å²) in [5.41, 5.74) is 6.04. The van der Waals surface area contributed by atoms with E-state index >= 15 is 0 Å². The number of hydrogen-bond donors (Lipinski definition) is 2. The van der Waals surface area contributed by atoms with Crippen LogP contribution in [0.5, 0.6) is 11.5 Å². The first kappa shape index (κ1) is 20.6. The van der Waals surface area contributed by atoms with Gasteiger partial charge in [0.1, 0.15) is 23.1 Å². The molecule has 2 aromatic carbocycles. The van der Waals surface area contributed by atoms with E-state index in [2.05, 4.69) is 0 Å². The van der Waals surface area contributed by atoms with Crippen LogP contribution in [0.1, 0.15) is 12.0 Å². The van der Waals surface area contributed by atoms with Crippen LogP contribution in [0.2, 0.25) is 0 Å². The molecular formula is C20H20NO7P. The molecule has 2 unspecified atom stereocenters. The molecule has 0 bridgehead atoms. The van der Waals surface area contributed by atoms with E-state index in [0.717, 1.165) is 5.56 Å². The largest absolute Gasteiger partial charge is 0.480 e. The SMILES string of the molecule is Cc1cc(=O)oc2cc(OP(=O)(CCC(N)C(=O)O)Oc3ccccc3)ccc12. The number of fused-ring (bicyclic) bond motifs is 1. The van der Waals surface area contributed by atoms with E-state index in [9.17, 15) is 14.2 Å². The van der Waals surface area contributed by atoms with Gasteiger partial charge in [0, 0.05) is 17.5 Å². The summed E-state index contributed by atoms with van der Waals surface area (Å²) in [6.45, 7) is 1.77. The van der Waals surface area contributed by atoms with Gasteiger partial charge in [0.05, 0.1) is 6.16 Å². The van der Waals surface area contributed by atoms with Gasteiger partial charge in [0.25, 0.3) is 0 Å². The van der Waals surface area contributed by atoms with E-state index in [1.165, 1.54) is 12.1 Å². The zero-order chi connectivity index (χ0) is 21.0. The molecule has 1 aromatic heterocycles. The molecule has 0 radical (unpaired) electrons. The molecule has 29 heavy (non-hydrogen) atoms. The molecule has 3 aromatic rings. The minimum absolute atomic E-state index is 0.110. The van der Waals surface area contributed by atoms with Crippen molar-refractivity contribution in [2.45, 2.75) is 19.4 Å². The molecule has 0 saturated carbocycles.